The van der Waals surface area contributed by atoms with Crippen molar-refractivity contribution in [2.24, 2.45) is 0 Å². The molecule has 0 fully saturated rings. The highest BCUT2D eigenvalue weighted by Crippen LogP contribution is 2.15. The van der Waals surface area contributed by atoms with Gasteiger partial charge in [0.1, 0.15) is 11.4 Å². The van der Waals surface area contributed by atoms with E-state index in [9.17, 15) is 4.79 Å². The van der Waals surface area contributed by atoms with Gasteiger partial charge in [0.15, 0.2) is 0 Å². The Kier molecular flexibility index (Phi) is 5.02. The van der Waals surface area contributed by atoms with Crippen molar-refractivity contribution >= 4 is 11.7 Å². The number of nitrogens with one attached hydrogen (secondary N) is 2. The molecule has 2 N–H and O–H groups in total. The third kappa shape index (κ3) is 3.65. The highest BCUT2D eigenvalue weighted by molar-refractivity contribution is 5.73. The predicted molar refractivity (Wildman–Crippen MR) is 94.3 cm³/mol. The molecule has 0 spiro atoms. The minimum Gasteiger partial charge on any atom is -0.361 e. The second-order valence-corrected chi connectivity index (χ2v) is 5.90. The zero-order valence-electron chi connectivity index (χ0n) is 14.8. The molecular formula is C18H23N5O2. The van der Waals surface area contributed by atoms with E-state index < -0.39 is 0 Å². The minimum atomic E-state index is -0.237. The number of nitrogens with zero attached hydrogens (tertiary/aromatic N) is 3. The summed E-state index contributed by atoms with van der Waals surface area (Å²) >= 11 is 0. The Morgan fingerprint density at radius 3 is 2.72 bits per heavy atom. The largest absolute Gasteiger partial charge is 0.361 e. The van der Waals surface area contributed by atoms with Gasteiger partial charge in [-0.05, 0) is 25.5 Å². The van der Waals surface area contributed by atoms with Crippen molar-refractivity contribution in [3.63, 3.8) is 0 Å². The molecule has 132 valence electrons. The molecule has 0 saturated carbocycles. The number of fused-ring (bicyclic) bond motifs is 1. The number of aryl methyl sites for hydroxylation is 3. The van der Waals surface area contributed by atoms with Gasteiger partial charge in [0.05, 0.1) is 17.9 Å². The van der Waals surface area contributed by atoms with Crippen LogP contribution in [0, 0.1) is 6.92 Å². The first kappa shape index (κ1) is 17.0. The number of aromatic nitrogens is 3. The molecule has 3 aromatic rings. The van der Waals surface area contributed by atoms with E-state index >= 15 is 0 Å². The van der Waals surface area contributed by atoms with Crippen molar-refractivity contribution in [2.75, 3.05) is 0 Å². The Morgan fingerprint density at radius 2 is 2.00 bits per heavy atom. The molecule has 3 aromatic heterocycles. The minimum absolute atomic E-state index is 0.237. The number of pyridine rings is 1. The average molecular weight is 341 g/mol. The standard InChI is InChI=1S/C18H23N5O2/c1-4-15-14(16(5-2)25-22-15)10-20-18(24)19-9-13-11-23-12(3)7-6-8-17(23)21-13/h6-8,11H,4-5,9-10H2,1-3H3,(H2,19,20,24). The Morgan fingerprint density at radius 1 is 1.20 bits per heavy atom. The Bertz CT molecular complexity index is 859. The van der Waals surface area contributed by atoms with Gasteiger partial charge in [-0.25, -0.2) is 9.78 Å². The summed E-state index contributed by atoms with van der Waals surface area (Å²) in [5.41, 5.74) is 4.67. The molecule has 7 heteroatoms. The van der Waals surface area contributed by atoms with E-state index in [1.807, 2.05) is 49.6 Å². The molecule has 0 aromatic carbocycles. The van der Waals surface area contributed by atoms with Gasteiger partial charge in [0.25, 0.3) is 0 Å². The van der Waals surface area contributed by atoms with Gasteiger partial charge in [-0.3, -0.25) is 0 Å². The monoisotopic (exact) mass is 341 g/mol. The molecule has 0 unspecified atom stereocenters. The summed E-state index contributed by atoms with van der Waals surface area (Å²) in [4.78, 5) is 16.6. The van der Waals surface area contributed by atoms with Crippen LogP contribution in [0.5, 0.6) is 0 Å². The topological polar surface area (TPSA) is 84.5 Å². The molecule has 0 aliphatic carbocycles. The molecule has 0 radical (unpaired) electrons. The van der Waals surface area contributed by atoms with Crippen LogP contribution in [-0.4, -0.2) is 20.6 Å². The van der Waals surface area contributed by atoms with Crippen LogP contribution in [0.3, 0.4) is 0 Å². The summed E-state index contributed by atoms with van der Waals surface area (Å²) in [6, 6.07) is 5.70. The fourth-order valence-electron chi connectivity index (χ4n) is 2.82. The van der Waals surface area contributed by atoms with Crippen molar-refractivity contribution in [3.05, 3.63) is 52.8 Å². The first-order valence-electron chi connectivity index (χ1n) is 8.54. The first-order chi connectivity index (χ1) is 12.1. The summed E-state index contributed by atoms with van der Waals surface area (Å²) < 4.78 is 7.31. The number of carbonyl (C=O) groups excluding carboxylic acids is 1. The van der Waals surface area contributed by atoms with Gasteiger partial charge >= 0.3 is 6.03 Å². The number of carbonyl (C=O) groups is 1. The Labute approximate surface area is 146 Å². The van der Waals surface area contributed by atoms with E-state index in [1.165, 1.54) is 0 Å². The zero-order chi connectivity index (χ0) is 17.8. The molecule has 25 heavy (non-hydrogen) atoms. The molecule has 0 aliphatic heterocycles. The summed E-state index contributed by atoms with van der Waals surface area (Å²) in [6.45, 7) is 6.83. The maximum absolute atomic E-state index is 12.1. The highest BCUT2D eigenvalue weighted by Gasteiger charge is 2.14. The van der Waals surface area contributed by atoms with E-state index in [2.05, 4.69) is 20.8 Å². The SMILES string of the molecule is CCc1noc(CC)c1CNC(=O)NCc1cn2c(C)cccc2n1. The lowest BCUT2D eigenvalue weighted by molar-refractivity contribution is 0.240. The predicted octanol–water partition coefficient (Wildman–Crippen LogP) is 2.75. The maximum atomic E-state index is 12.1. The van der Waals surface area contributed by atoms with Crippen molar-refractivity contribution in [1.82, 2.24) is 25.2 Å². The van der Waals surface area contributed by atoms with Gasteiger partial charge in [0.2, 0.25) is 0 Å². The highest BCUT2D eigenvalue weighted by atomic mass is 16.5. The molecule has 3 heterocycles. The number of hydrogen-bond donors (Lipinski definition) is 2. The summed E-state index contributed by atoms with van der Waals surface area (Å²) in [5, 5.41) is 9.76. The van der Waals surface area contributed by atoms with Crippen LogP contribution in [-0.2, 0) is 25.9 Å². The first-order valence-corrected chi connectivity index (χ1v) is 8.54. The molecule has 0 saturated heterocycles. The molecule has 3 rings (SSSR count). The normalized spacial score (nSPS) is 11.0. The lowest BCUT2D eigenvalue weighted by Crippen LogP contribution is -2.35. The summed E-state index contributed by atoms with van der Waals surface area (Å²) in [6.07, 6.45) is 3.48. The second kappa shape index (κ2) is 7.38. The fraction of sp³-hybridized carbons (Fsp3) is 0.389. The third-order valence-corrected chi connectivity index (χ3v) is 4.21. The average Bonchev–Trinajstić information content (AvgIpc) is 3.21. The van der Waals surface area contributed by atoms with Crippen LogP contribution in [0.1, 0.15) is 42.3 Å². The number of hydrogen-bond acceptors (Lipinski definition) is 4. The van der Waals surface area contributed by atoms with Crippen molar-refractivity contribution in [1.29, 1.82) is 0 Å². The molecule has 7 nitrogen and oxygen atoms in total. The van der Waals surface area contributed by atoms with Crippen LogP contribution in [0.4, 0.5) is 4.79 Å². The molecule has 0 atom stereocenters. The van der Waals surface area contributed by atoms with Gasteiger partial charge in [0, 0.05) is 30.4 Å². The van der Waals surface area contributed by atoms with E-state index in [-0.39, 0.29) is 6.03 Å². The van der Waals surface area contributed by atoms with Crippen LogP contribution in [0.2, 0.25) is 0 Å². The van der Waals surface area contributed by atoms with E-state index in [0.717, 1.165) is 46.9 Å². The van der Waals surface area contributed by atoms with Gasteiger partial charge in [-0.1, -0.05) is 25.1 Å². The van der Waals surface area contributed by atoms with Crippen molar-refractivity contribution in [2.45, 2.75) is 46.7 Å². The second-order valence-electron chi connectivity index (χ2n) is 5.90. The number of amides is 2. The van der Waals surface area contributed by atoms with E-state index in [0.29, 0.717) is 13.1 Å². The number of rotatable bonds is 6. The van der Waals surface area contributed by atoms with Gasteiger partial charge in [-0.15, -0.1) is 0 Å². The Hall–Kier alpha value is -2.83. The van der Waals surface area contributed by atoms with Crippen molar-refractivity contribution < 1.29 is 9.32 Å². The molecular weight excluding hydrogens is 318 g/mol. The maximum Gasteiger partial charge on any atom is 0.315 e. The fourth-order valence-corrected chi connectivity index (χ4v) is 2.82. The van der Waals surface area contributed by atoms with Crippen molar-refractivity contribution in [3.8, 4) is 0 Å². The third-order valence-electron chi connectivity index (χ3n) is 4.21. The van der Waals surface area contributed by atoms with Crippen LogP contribution in [0.25, 0.3) is 5.65 Å². The van der Waals surface area contributed by atoms with Crippen LogP contribution >= 0.6 is 0 Å². The van der Waals surface area contributed by atoms with E-state index in [1.54, 1.807) is 0 Å². The zero-order valence-corrected chi connectivity index (χ0v) is 14.8. The smallest absolute Gasteiger partial charge is 0.315 e. The lowest BCUT2D eigenvalue weighted by Gasteiger charge is -2.07. The molecule has 2 amide bonds. The van der Waals surface area contributed by atoms with E-state index in [4.69, 9.17) is 4.52 Å². The number of imidazole rings is 1. The lowest BCUT2D eigenvalue weighted by atomic mass is 10.1. The number of urea groups is 1. The summed E-state index contributed by atoms with van der Waals surface area (Å²) in [5.74, 6) is 0.827. The molecule has 0 bridgehead atoms. The van der Waals surface area contributed by atoms with Crippen LogP contribution in [0.15, 0.2) is 28.9 Å². The van der Waals surface area contributed by atoms with Gasteiger partial charge < -0.3 is 19.6 Å². The van der Waals surface area contributed by atoms with Crippen LogP contribution < -0.4 is 10.6 Å². The quantitative estimate of drug-likeness (QED) is 0.722. The Balaban J connectivity index is 1.57. The summed E-state index contributed by atoms with van der Waals surface area (Å²) in [7, 11) is 0. The van der Waals surface area contributed by atoms with Gasteiger partial charge in [-0.2, -0.15) is 0 Å². The molecule has 0 aliphatic rings.